The number of benzene rings is 1. The van der Waals surface area contributed by atoms with E-state index >= 15 is 0 Å². The van der Waals surface area contributed by atoms with E-state index in [4.69, 9.17) is 5.73 Å². The van der Waals surface area contributed by atoms with Crippen LogP contribution in [0.3, 0.4) is 0 Å². The molecule has 2 N–H and O–H groups in total. The van der Waals surface area contributed by atoms with Gasteiger partial charge in [-0.2, -0.15) is 0 Å². The van der Waals surface area contributed by atoms with Crippen molar-refractivity contribution in [1.82, 2.24) is 14.9 Å². The Morgan fingerprint density at radius 2 is 1.73 bits per heavy atom. The smallest absolute Gasteiger partial charge is 0.247 e. The number of hydrogen-bond acceptors (Lipinski definition) is 5. The third kappa shape index (κ3) is 4.85. The van der Waals surface area contributed by atoms with E-state index in [0.717, 1.165) is 28.9 Å². The minimum atomic E-state index is -1.03. The highest BCUT2D eigenvalue weighted by Crippen LogP contribution is 2.24. The van der Waals surface area contributed by atoms with E-state index in [9.17, 15) is 4.79 Å². The summed E-state index contributed by atoms with van der Waals surface area (Å²) in [5.41, 5.74) is 6.15. The van der Waals surface area contributed by atoms with E-state index < -0.39 is 5.54 Å². The van der Waals surface area contributed by atoms with Crippen LogP contribution in [0.5, 0.6) is 0 Å². The number of halogens is 3. The highest BCUT2D eigenvalue weighted by Gasteiger charge is 2.35. The minimum Gasteiger partial charge on any atom is -0.352 e. The van der Waals surface area contributed by atoms with Gasteiger partial charge < -0.3 is 15.5 Å². The van der Waals surface area contributed by atoms with E-state index in [1.54, 1.807) is 25.5 Å². The zero-order valence-corrected chi connectivity index (χ0v) is 17.6. The van der Waals surface area contributed by atoms with Gasteiger partial charge in [-0.15, -0.1) is 24.8 Å². The molecule has 1 aromatic heterocycles. The second-order valence-electron chi connectivity index (χ2n) is 6.05. The van der Waals surface area contributed by atoms with Crippen molar-refractivity contribution in [2.24, 2.45) is 5.73 Å². The van der Waals surface area contributed by atoms with Crippen molar-refractivity contribution in [3.05, 3.63) is 52.9 Å². The summed E-state index contributed by atoms with van der Waals surface area (Å²) in [7, 11) is 0. The predicted molar refractivity (Wildman–Crippen MR) is 111 cm³/mol. The van der Waals surface area contributed by atoms with Crippen LogP contribution in [0.1, 0.15) is 12.5 Å². The number of anilines is 1. The molecule has 2 heterocycles. The molecule has 26 heavy (non-hydrogen) atoms. The van der Waals surface area contributed by atoms with Crippen LogP contribution in [0.25, 0.3) is 0 Å². The summed E-state index contributed by atoms with van der Waals surface area (Å²) < 4.78 is 0.965. The van der Waals surface area contributed by atoms with Crippen LogP contribution in [-0.2, 0) is 10.3 Å². The summed E-state index contributed by atoms with van der Waals surface area (Å²) in [6.45, 7) is 4.47. The van der Waals surface area contributed by atoms with Gasteiger partial charge in [0.25, 0.3) is 0 Å². The van der Waals surface area contributed by atoms with Gasteiger partial charge in [0.2, 0.25) is 5.91 Å². The average Bonchev–Trinajstić information content (AvgIpc) is 2.62. The fourth-order valence-corrected chi connectivity index (χ4v) is 3.11. The van der Waals surface area contributed by atoms with Gasteiger partial charge in [-0.25, -0.2) is 4.98 Å². The topological polar surface area (TPSA) is 75.4 Å². The zero-order chi connectivity index (χ0) is 17.2. The largest absolute Gasteiger partial charge is 0.352 e. The second-order valence-corrected chi connectivity index (χ2v) is 6.97. The zero-order valence-electron chi connectivity index (χ0n) is 14.3. The van der Waals surface area contributed by atoms with Crippen molar-refractivity contribution in [2.75, 3.05) is 31.1 Å². The maximum Gasteiger partial charge on any atom is 0.247 e. The Hall–Kier alpha value is -1.41. The number of amides is 1. The molecule has 0 radical (unpaired) electrons. The van der Waals surface area contributed by atoms with Crippen LogP contribution in [0.15, 0.2) is 47.3 Å². The van der Waals surface area contributed by atoms with Gasteiger partial charge in [0.1, 0.15) is 11.4 Å². The van der Waals surface area contributed by atoms with Gasteiger partial charge in [0.05, 0.1) is 6.20 Å². The normalized spacial score (nSPS) is 16.1. The Kier molecular flexibility index (Phi) is 8.27. The molecule has 3 rings (SSSR count). The van der Waals surface area contributed by atoms with Crippen LogP contribution in [-0.4, -0.2) is 47.0 Å². The Labute approximate surface area is 174 Å². The highest BCUT2D eigenvalue weighted by atomic mass is 79.9. The summed E-state index contributed by atoms with van der Waals surface area (Å²) in [6.07, 6.45) is 5.07. The quantitative estimate of drug-likeness (QED) is 0.758. The third-order valence-electron chi connectivity index (χ3n) is 4.33. The third-order valence-corrected chi connectivity index (χ3v) is 4.86. The molecule has 1 amide bonds. The van der Waals surface area contributed by atoms with Crippen molar-refractivity contribution in [3.63, 3.8) is 0 Å². The van der Waals surface area contributed by atoms with Gasteiger partial charge >= 0.3 is 0 Å². The molecule has 6 nitrogen and oxygen atoms in total. The minimum absolute atomic E-state index is 0. The number of nitrogens with two attached hydrogens (primary N) is 1. The number of piperazine rings is 1. The molecule has 0 spiro atoms. The number of aromatic nitrogens is 2. The van der Waals surface area contributed by atoms with Gasteiger partial charge in [-0.05, 0) is 24.6 Å². The predicted octanol–water partition coefficient (Wildman–Crippen LogP) is 2.61. The van der Waals surface area contributed by atoms with Gasteiger partial charge in [-0.3, -0.25) is 9.78 Å². The molecule has 1 atom stereocenters. The number of nitrogens with zero attached hydrogens (tertiary/aromatic N) is 4. The number of carbonyl (C=O) groups is 1. The van der Waals surface area contributed by atoms with Crippen LogP contribution in [0, 0.1) is 0 Å². The number of carbonyl (C=O) groups excluding carboxylic acids is 1. The average molecular weight is 463 g/mol. The molecule has 142 valence electrons. The number of hydrogen-bond donors (Lipinski definition) is 1. The molecule has 0 bridgehead atoms. The summed E-state index contributed by atoms with van der Waals surface area (Å²) in [6, 6.07) is 7.58. The standard InChI is InChI=1S/C17H20BrN5O.2ClH/c1-17(19,13-2-4-14(18)5-3-13)16(24)23-10-8-22(9-11-23)15-12-20-6-7-21-15;;/h2-7,12H,8-11,19H2,1H3;2*1H. The fourth-order valence-electron chi connectivity index (χ4n) is 2.84. The van der Waals surface area contributed by atoms with Crippen LogP contribution in [0.2, 0.25) is 0 Å². The lowest BCUT2D eigenvalue weighted by Crippen LogP contribution is -2.57. The maximum absolute atomic E-state index is 12.9. The first-order valence-electron chi connectivity index (χ1n) is 7.84. The lowest BCUT2D eigenvalue weighted by Gasteiger charge is -2.39. The summed E-state index contributed by atoms with van der Waals surface area (Å²) in [5.74, 6) is 0.789. The van der Waals surface area contributed by atoms with Crippen molar-refractivity contribution in [2.45, 2.75) is 12.5 Å². The molecular weight excluding hydrogens is 441 g/mol. The Balaban J connectivity index is 0.00000169. The van der Waals surface area contributed by atoms with Crippen molar-refractivity contribution in [3.8, 4) is 0 Å². The molecule has 9 heteroatoms. The SMILES string of the molecule is CC(N)(C(=O)N1CCN(c2cnccn2)CC1)c1ccc(Br)cc1.Cl.Cl. The molecule has 1 aliphatic heterocycles. The van der Waals surface area contributed by atoms with E-state index in [-0.39, 0.29) is 30.7 Å². The van der Waals surface area contributed by atoms with Crippen molar-refractivity contribution in [1.29, 1.82) is 0 Å². The van der Waals surface area contributed by atoms with E-state index in [2.05, 4.69) is 30.8 Å². The summed E-state index contributed by atoms with van der Waals surface area (Å²) in [4.78, 5) is 25.2. The first-order chi connectivity index (χ1) is 11.5. The molecule has 1 fully saturated rings. The molecule has 1 unspecified atom stereocenters. The Morgan fingerprint density at radius 1 is 1.12 bits per heavy atom. The highest BCUT2D eigenvalue weighted by molar-refractivity contribution is 9.10. The lowest BCUT2D eigenvalue weighted by atomic mass is 9.91. The molecule has 1 aromatic carbocycles. The maximum atomic E-state index is 12.9. The van der Waals surface area contributed by atoms with Gasteiger partial charge in [-0.1, -0.05) is 28.1 Å². The Morgan fingerprint density at radius 3 is 2.27 bits per heavy atom. The molecular formula is C17H22BrCl2N5O. The second kappa shape index (κ2) is 9.50. The fraction of sp³-hybridized carbons (Fsp3) is 0.353. The number of rotatable bonds is 3. The van der Waals surface area contributed by atoms with E-state index in [1.807, 2.05) is 29.2 Å². The molecule has 1 saturated heterocycles. The first-order valence-corrected chi connectivity index (χ1v) is 8.63. The van der Waals surface area contributed by atoms with Crippen molar-refractivity contribution >= 4 is 52.5 Å². The van der Waals surface area contributed by atoms with Crippen molar-refractivity contribution < 1.29 is 4.79 Å². The monoisotopic (exact) mass is 461 g/mol. The van der Waals surface area contributed by atoms with Crippen LogP contribution < -0.4 is 10.6 Å². The molecule has 2 aromatic rings. The van der Waals surface area contributed by atoms with Gasteiger partial charge in [0.15, 0.2) is 0 Å². The molecule has 0 aliphatic carbocycles. The Bertz CT molecular complexity index is 707. The summed E-state index contributed by atoms with van der Waals surface area (Å²) in [5, 5.41) is 0. The molecule has 0 saturated carbocycles. The van der Waals surface area contributed by atoms with Gasteiger partial charge in [0, 0.05) is 43.0 Å². The lowest BCUT2D eigenvalue weighted by molar-refractivity contribution is -0.137. The summed E-state index contributed by atoms with van der Waals surface area (Å²) >= 11 is 3.40. The van der Waals surface area contributed by atoms with Crippen LogP contribution >= 0.6 is 40.7 Å². The molecule has 1 aliphatic rings. The van der Waals surface area contributed by atoms with Crippen LogP contribution in [0.4, 0.5) is 5.82 Å². The van der Waals surface area contributed by atoms with E-state index in [1.165, 1.54) is 0 Å². The first kappa shape index (κ1) is 22.6. The van der Waals surface area contributed by atoms with E-state index in [0.29, 0.717) is 13.1 Å².